The van der Waals surface area contributed by atoms with Crippen LogP contribution in [0.3, 0.4) is 0 Å². The maximum Gasteiger partial charge on any atom is 0.132 e. The van der Waals surface area contributed by atoms with Crippen LogP contribution < -0.4 is 4.74 Å². The largest absolute Gasteiger partial charge is 0.496 e. The van der Waals surface area contributed by atoms with Gasteiger partial charge in [-0.2, -0.15) is 0 Å². The van der Waals surface area contributed by atoms with E-state index in [1.807, 2.05) is 0 Å². The molecular formula is C19H27N3OS2. The molecule has 1 aromatic heterocycles. The van der Waals surface area contributed by atoms with Gasteiger partial charge in [0.15, 0.2) is 0 Å². The fourth-order valence-electron chi connectivity index (χ4n) is 3.29. The first kappa shape index (κ1) is 18.7. The molecular weight excluding hydrogens is 350 g/mol. The number of aromatic nitrogens is 1. The summed E-state index contributed by atoms with van der Waals surface area (Å²) in [6.45, 7) is 8.62. The maximum atomic E-state index is 5.43. The van der Waals surface area contributed by atoms with Crippen LogP contribution in [0.25, 0.3) is 0 Å². The first-order valence-corrected chi connectivity index (χ1v) is 10.8. The average molecular weight is 378 g/mol. The van der Waals surface area contributed by atoms with Crippen molar-refractivity contribution in [2.24, 2.45) is 0 Å². The number of hydrogen-bond acceptors (Lipinski definition) is 6. The van der Waals surface area contributed by atoms with Crippen molar-refractivity contribution in [3.8, 4) is 5.75 Å². The molecule has 4 nitrogen and oxygen atoms in total. The Hall–Kier alpha value is -1.08. The molecule has 1 aliphatic heterocycles. The van der Waals surface area contributed by atoms with Crippen LogP contribution in [0.2, 0.25) is 0 Å². The van der Waals surface area contributed by atoms with E-state index in [1.165, 1.54) is 22.6 Å². The molecule has 1 aliphatic rings. The molecule has 0 N–H and O–H groups in total. The summed E-state index contributed by atoms with van der Waals surface area (Å²) in [7, 11) is 1.74. The summed E-state index contributed by atoms with van der Waals surface area (Å²) >= 11 is 3.49. The van der Waals surface area contributed by atoms with Crippen LogP contribution in [0.1, 0.15) is 22.7 Å². The van der Waals surface area contributed by atoms with Gasteiger partial charge in [0.25, 0.3) is 0 Å². The van der Waals surface area contributed by atoms with E-state index in [0.29, 0.717) is 0 Å². The molecule has 0 spiro atoms. The number of nitrogens with zero attached hydrogens (tertiary/aromatic N) is 3. The second-order valence-electron chi connectivity index (χ2n) is 6.45. The van der Waals surface area contributed by atoms with E-state index in [0.717, 1.165) is 50.0 Å². The Morgan fingerprint density at radius 3 is 2.56 bits per heavy atom. The van der Waals surface area contributed by atoms with E-state index in [-0.39, 0.29) is 0 Å². The molecule has 3 rings (SSSR count). The third-order valence-corrected chi connectivity index (χ3v) is 6.17. The molecule has 25 heavy (non-hydrogen) atoms. The standard InChI is InChI=1S/C19H27N3OS2/c1-15-20-17(14-25-15)13-22-8-4-7-21(9-10-22)12-16-5-6-18(23-2)19(11-16)24-3/h5-6,11,14H,4,7-10,12-13H2,1-3H3. The summed E-state index contributed by atoms with van der Waals surface area (Å²) in [4.78, 5) is 10.9. The zero-order chi connectivity index (χ0) is 17.6. The summed E-state index contributed by atoms with van der Waals surface area (Å²) in [5, 5.41) is 3.36. The van der Waals surface area contributed by atoms with Gasteiger partial charge < -0.3 is 4.74 Å². The van der Waals surface area contributed by atoms with Crippen LogP contribution in [0.4, 0.5) is 0 Å². The van der Waals surface area contributed by atoms with Crippen LogP contribution in [-0.4, -0.2) is 54.3 Å². The van der Waals surface area contributed by atoms with Crippen molar-refractivity contribution in [1.29, 1.82) is 0 Å². The topological polar surface area (TPSA) is 28.6 Å². The molecule has 1 fully saturated rings. The normalized spacial score (nSPS) is 16.8. The van der Waals surface area contributed by atoms with Crippen LogP contribution in [0.15, 0.2) is 28.5 Å². The van der Waals surface area contributed by atoms with Crippen LogP contribution in [0.5, 0.6) is 5.75 Å². The van der Waals surface area contributed by atoms with Gasteiger partial charge in [-0.05, 0) is 50.4 Å². The van der Waals surface area contributed by atoms with E-state index >= 15 is 0 Å². The lowest BCUT2D eigenvalue weighted by atomic mass is 10.2. The van der Waals surface area contributed by atoms with Gasteiger partial charge in [-0.15, -0.1) is 23.1 Å². The molecule has 0 amide bonds. The lowest BCUT2D eigenvalue weighted by molar-refractivity contribution is 0.245. The van der Waals surface area contributed by atoms with Crippen molar-refractivity contribution in [2.45, 2.75) is 31.3 Å². The Balaban J connectivity index is 1.56. The highest BCUT2D eigenvalue weighted by Crippen LogP contribution is 2.28. The Labute approximate surface area is 159 Å². The number of thiazole rings is 1. The van der Waals surface area contributed by atoms with Crippen molar-refractivity contribution < 1.29 is 4.74 Å². The Morgan fingerprint density at radius 2 is 1.92 bits per heavy atom. The van der Waals surface area contributed by atoms with Gasteiger partial charge in [0.1, 0.15) is 5.75 Å². The Morgan fingerprint density at radius 1 is 1.16 bits per heavy atom. The second kappa shape index (κ2) is 9.03. The summed E-state index contributed by atoms with van der Waals surface area (Å²) in [5.74, 6) is 0.969. The molecule has 0 aliphatic carbocycles. The number of ether oxygens (including phenoxy) is 1. The fraction of sp³-hybridized carbons (Fsp3) is 0.526. The van der Waals surface area contributed by atoms with Gasteiger partial charge in [0.05, 0.1) is 17.8 Å². The van der Waals surface area contributed by atoms with Crippen molar-refractivity contribution in [1.82, 2.24) is 14.8 Å². The van der Waals surface area contributed by atoms with Crippen molar-refractivity contribution in [2.75, 3.05) is 39.5 Å². The summed E-state index contributed by atoms with van der Waals surface area (Å²) < 4.78 is 5.43. The number of benzene rings is 1. The third-order valence-electron chi connectivity index (χ3n) is 4.59. The first-order chi connectivity index (χ1) is 12.2. The molecule has 2 heterocycles. The lowest BCUT2D eigenvalue weighted by Gasteiger charge is -2.21. The van der Waals surface area contributed by atoms with Gasteiger partial charge in [-0.25, -0.2) is 4.98 Å². The summed E-state index contributed by atoms with van der Waals surface area (Å²) in [6.07, 6.45) is 3.32. The molecule has 1 aromatic carbocycles. The maximum absolute atomic E-state index is 5.43. The number of hydrogen-bond donors (Lipinski definition) is 0. The third kappa shape index (κ3) is 5.20. The van der Waals surface area contributed by atoms with Crippen molar-refractivity contribution in [3.63, 3.8) is 0 Å². The minimum atomic E-state index is 0.969. The molecule has 0 bridgehead atoms. The van der Waals surface area contributed by atoms with Crippen LogP contribution in [0, 0.1) is 6.92 Å². The van der Waals surface area contributed by atoms with Crippen LogP contribution >= 0.6 is 23.1 Å². The Bertz CT molecular complexity index is 689. The second-order valence-corrected chi connectivity index (χ2v) is 8.36. The molecule has 0 saturated carbocycles. The fourth-order valence-corrected chi connectivity index (χ4v) is 4.51. The lowest BCUT2D eigenvalue weighted by Crippen LogP contribution is -2.30. The average Bonchev–Trinajstić information content (AvgIpc) is 2.90. The molecule has 6 heteroatoms. The minimum absolute atomic E-state index is 0.969. The smallest absolute Gasteiger partial charge is 0.132 e. The van der Waals surface area contributed by atoms with E-state index < -0.39 is 0 Å². The predicted molar refractivity (Wildman–Crippen MR) is 107 cm³/mol. The SMILES string of the molecule is COc1ccc(CN2CCCN(Cc3csc(C)n3)CC2)cc1SC. The van der Waals surface area contributed by atoms with Gasteiger partial charge in [-0.3, -0.25) is 9.80 Å². The molecule has 2 aromatic rings. The number of aryl methyl sites for hydroxylation is 1. The first-order valence-electron chi connectivity index (χ1n) is 8.74. The highest BCUT2D eigenvalue weighted by atomic mass is 32.2. The monoisotopic (exact) mass is 377 g/mol. The zero-order valence-corrected chi connectivity index (χ0v) is 17.0. The zero-order valence-electron chi connectivity index (χ0n) is 15.3. The molecule has 0 radical (unpaired) electrons. The van der Waals surface area contributed by atoms with E-state index in [9.17, 15) is 0 Å². The molecule has 0 unspecified atom stereocenters. The highest BCUT2D eigenvalue weighted by Gasteiger charge is 2.16. The van der Waals surface area contributed by atoms with Gasteiger partial charge >= 0.3 is 0 Å². The van der Waals surface area contributed by atoms with E-state index in [2.05, 4.69) is 51.5 Å². The highest BCUT2D eigenvalue weighted by molar-refractivity contribution is 7.98. The quantitative estimate of drug-likeness (QED) is 0.712. The van der Waals surface area contributed by atoms with Crippen molar-refractivity contribution in [3.05, 3.63) is 39.8 Å². The van der Waals surface area contributed by atoms with Crippen molar-refractivity contribution >= 4 is 23.1 Å². The number of rotatable bonds is 6. The Kier molecular flexibility index (Phi) is 6.76. The van der Waals surface area contributed by atoms with Crippen LogP contribution in [-0.2, 0) is 13.1 Å². The van der Waals surface area contributed by atoms with Gasteiger partial charge in [0, 0.05) is 36.5 Å². The predicted octanol–water partition coefficient (Wildman–Crippen LogP) is 3.89. The summed E-state index contributed by atoms with van der Waals surface area (Å²) in [6, 6.07) is 6.55. The minimum Gasteiger partial charge on any atom is -0.496 e. The molecule has 136 valence electrons. The number of methoxy groups -OCH3 is 1. The summed E-state index contributed by atoms with van der Waals surface area (Å²) in [5.41, 5.74) is 2.59. The van der Waals surface area contributed by atoms with E-state index in [1.54, 1.807) is 30.2 Å². The molecule has 1 saturated heterocycles. The van der Waals surface area contributed by atoms with E-state index in [4.69, 9.17) is 4.74 Å². The van der Waals surface area contributed by atoms with Gasteiger partial charge in [-0.1, -0.05) is 6.07 Å². The number of thioether (sulfide) groups is 1. The van der Waals surface area contributed by atoms with Gasteiger partial charge in [0.2, 0.25) is 0 Å². The molecule has 0 atom stereocenters.